The van der Waals surface area contributed by atoms with Gasteiger partial charge in [-0.25, -0.2) is 0 Å². The maximum atomic E-state index is 4.15. The van der Waals surface area contributed by atoms with Gasteiger partial charge >= 0.3 is 0 Å². The number of rotatable bonds is 6. The monoisotopic (exact) mass is 208 g/mol. The quantitative estimate of drug-likeness (QED) is 0.713. The molecule has 2 rings (SSSR count). The van der Waals surface area contributed by atoms with Gasteiger partial charge in [-0.1, -0.05) is 12.1 Å². The molecule has 1 aliphatic rings. The second-order valence-electron chi connectivity index (χ2n) is 4.74. The first-order valence-electron chi connectivity index (χ1n) is 5.80. The average molecular weight is 208 g/mol. The predicted molar refractivity (Wildman–Crippen MR) is 59.5 cm³/mol. The Kier molecular flexibility index (Phi) is 3.05. The molecule has 0 saturated heterocycles. The molecule has 1 saturated carbocycles. The van der Waals surface area contributed by atoms with E-state index in [2.05, 4.69) is 22.6 Å². The molecule has 1 heterocycles. The Morgan fingerprint density at radius 3 is 2.87 bits per heavy atom. The van der Waals surface area contributed by atoms with Crippen molar-refractivity contribution in [3.63, 3.8) is 0 Å². The third-order valence-electron chi connectivity index (χ3n) is 3.09. The minimum Gasteiger partial charge on any atom is -0.316 e. The maximum Gasteiger partial charge on any atom is 0.0833 e. The minimum atomic E-state index is 0.491. The zero-order valence-electron chi connectivity index (χ0n) is 9.66. The third kappa shape index (κ3) is 2.78. The highest BCUT2D eigenvalue weighted by atomic mass is 15.4. The summed E-state index contributed by atoms with van der Waals surface area (Å²) in [5.41, 5.74) is 1.62. The van der Waals surface area contributed by atoms with Crippen LogP contribution in [-0.4, -0.2) is 28.1 Å². The Morgan fingerprint density at radius 1 is 1.53 bits per heavy atom. The highest BCUT2D eigenvalue weighted by Gasteiger charge is 2.42. The Balaban J connectivity index is 1.83. The number of hydrogen-bond acceptors (Lipinski definition) is 3. The Hall–Kier alpha value is -0.900. The van der Waals surface area contributed by atoms with Crippen LogP contribution in [0.2, 0.25) is 0 Å². The summed E-state index contributed by atoms with van der Waals surface area (Å²) in [5, 5.41) is 11.6. The first-order chi connectivity index (χ1) is 7.24. The van der Waals surface area contributed by atoms with E-state index in [0.717, 1.165) is 25.2 Å². The lowest BCUT2D eigenvalue weighted by Crippen LogP contribution is -2.26. The topological polar surface area (TPSA) is 42.7 Å². The van der Waals surface area contributed by atoms with Gasteiger partial charge in [-0.15, -0.1) is 5.10 Å². The number of hydrogen-bond donors (Lipinski definition) is 1. The van der Waals surface area contributed by atoms with Crippen molar-refractivity contribution in [1.82, 2.24) is 20.3 Å². The molecule has 1 aromatic heterocycles. The van der Waals surface area contributed by atoms with Gasteiger partial charge in [0, 0.05) is 19.8 Å². The zero-order chi connectivity index (χ0) is 10.7. The third-order valence-corrected chi connectivity index (χ3v) is 3.09. The van der Waals surface area contributed by atoms with Crippen LogP contribution < -0.4 is 5.32 Å². The van der Waals surface area contributed by atoms with Crippen LogP contribution in [0.1, 0.15) is 31.9 Å². The molecule has 4 nitrogen and oxygen atoms in total. The summed E-state index contributed by atoms with van der Waals surface area (Å²) >= 11 is 0. The molecule has 4 heteroatoms. The van der Waals surface area contributed by atoms with Gasteiger partial charge in [-0.2, -0.15) is 0 Å². The fourth-order valence-electron chi connectivity index (χ4n) is 1.98. The molecule has 0 radical (unpaired) electrons. The van der Waals surface area contributed by atoms with E-state index in [1.807, 2.05) is 13.2 Å². The van der Waals surface area contributed by atoms with Crippen LogP contribution in [0, 0.1) is 5.41 Å². The molecule has 1 aromatic rings. The van der Waals surface area contributed by atoms with Gasteiger partial charge in [0.15, 0.2) is 0 Å². The van der Waals surface area contributed by atoms with Crippen molar-refractivity contribution in [2.24, 2.45) is 12.5 Å². The number of aryl methyl sites for hydroxylation is 1. The fraction of sp³-hybridized carbons (Fsp3) is 0.818. The lowest BCUT2D eigenvalue weighted by atomic mass is 10.0. The molecule has 0 spiro atoms. The van der Waals surface area contributed by atoms with Crippen LogP contribution in [0.4, 0.5) is 0 Å². The lowest BCUT2D eigenvalue weighted by molar-refractivity contribution is 0.451. The van der Waals surface area contributed by atoms with E-state index < -0.39 is 0 Å². The predicted octanol–water partition coefficient (Wildman–Crippen LogP) is 1.14. The van der Waals surface area contributed by atoms with Crippen LogP contribution in [0.25, 0.3) is 0 Å². The highest BCUT2D eigenvalue weighted by Crippen LogP contribution is 2.47. The zero-order valence-corrected chi connectivity index (χ0v) is 9.66. The molecule has 0 unspecified atom stereocenters. The van der Waals surface area contributed by atoms with E-state index in [9.17, 15) is 0 Å². The molecule has 0 amide bonds. The summed E-state index contributed by atoms with van der Waals surface area (Å²) < 4.78 is 1.78. The molecule has 0 aromatic carbocycles. The van der Waals surface area contributed by atoms with Crippen molar-refractivity contribution in [3.8, 4) is 0 Å². The molecule has 1 N–H and O–H groups in total. The largest absolute Gasteiger partial charge is 0.316 e. The van der Waals surface area contributed by atoms with Crippen LogP contribution in [0.3, 0.4) is 0 Å². The number of aromatic nitrogens is 3. The summed E-state index contributed by atoms with van der Waals surface area (Å²) in [5.74, 6) is 0. The highest BCUT2D eigenvalue weighted by molar-refractivity contribution is 5.06. The molecule has 0 aliphatic heterocycles. The van der Waals surface area contributed by atoms with Crippen LogP contribution >= 0.6 is 0 Å². The second kappa shape index (κ2) is 4.31. The molecule has 1 fully saturated rings. The summed E-state index contributed by atoms with van der Waals surface area (Å²) in [6.45, 7) is 4.47. The van der Waals surface area contributed by atoms with Crippen molar-refractivity contribution >= 4 is 0 Å². The smallest absolute Gasteiger partial charge is 0.0833 e. The van der Waals surface area contributed by atoms with Crippen LogP contribution in [-0.2, 0) is 13.5 Å². The SMILES string of the molecule is CCCNCC1(Cc2cn(C)nn2)CC1. The van der Waals surface area contributed by atoms with Crippen molar-refractivity contribution in [2.75, 3.05) is 13.1 Å². The van der Waals surface area contributed by atoms with E-state index in [1.54, 1.807) is 4.68 Å². The molecular weight excluding hydrogens is 188 g/mol. The van der Waals surface area contributed by atoms with E-state index in [4.69, 9.17) is 0 Å². The molecule has 1 aliphatic carbocycles. The van der Waals surface area contributed by atoms with Crippen molar-refractivity contribution < 1.29 is 0 Å². The summed E-state index contributed by atoms with van der Waals surface area (Å²) in [4.78, 5) is 0. The van der Waals surface area contributed by atoms with Crippen molar-refractivity contribution in [1.29, 1.82) is 0 Å². The first kappa shape index (κ1) is 10.6. The van der Waals surface area contributed by atoms with Gasteiger partial charge in [0.2, 0.25) is 0 Å². The normalized spacial score (nSPS) is 18.0. The molecule has 0 bridgehead atoms. The van der Waals surface area contributed by atoms with Crippen molar-refractivity contribution in [3.05, 3.63) is 11.9 Å². The summed E-state index contributed by atoms with van der Waals surface area (Å²) in [7, 11) is 1.92. The van der Waals surface area contributed by atoms with Gasteiger partial charge in [0.05, 0.1) is 5.69 Å². The van der Waals surface area contributed by atoms with Crippen molar-refractivity contribution in [2.45, 2.75) is 32.6 Å². The fourth-order valence-corrected chi connectivity index (χ4v) is 1.98. The summed E-state index contributed by atoms with van der Waals surface area (Å²) in [6, 6.07) is 0. The first-order valence-corrected chi connectivity index (χ1v) is 5.80. The lowest BCUT2D eigenvalue weighted by Gasteiger charge is -2.13. The minimum absolute atomic E-state index is 0.491. The molecule has 84 valence electrons. The Bertz CT molecular complexity index is 314. The summed E-state index contributed by atoms with van der Waals surface area (Å²) in [6.07, 6.45) is 6.99. The van der Waals surface area contributed by atoms with Gasteiger partial charge in [0.1, 0.15) is 0 Å². The van der Waals surface area contributed by atoms with E-state index in [0.29, 0.717) is 5.41 Å². The standard InChI is InChI=1S/C11H20N4/c1-3-6-12-9-11(4-5-11)7-10-8-15(2)14-13-10/h8,12H,3-7,9H2,1-2H3. The number of nitrogens with one attached hydrogen (secondary N) is 1. The maximum absolute atomic E-state index is 4.15. The van der Waals surface area contributed by atoms with Gasteiger partial charge in [-0.3, -0.25) is 4.68 Å². The molecule has 15 heavy (non-hydrogen) atoms. The second-order valence-corrected chi connectivity index (χ2v) is 4.74. The Labute approximate surface area is 91.1 Å². The van der Waals surface area contributed by atoms with Crippen LogP contribution in [0.15, 0.2) is 6.20 Å². The van der Waals surface area contributed by atoms with E-state index in [-0.39, 0.29) is 0 Å². The Morgan fingerprint density at radius 2 is 2.33 bits per heavy atom. The average Bonchev–Trinajstić information content (AvgIpc) is 2.84. The number of nitrogens with zero attached hydrogens (tertiary/aromatic N) is 3. The molecule has 0 atom stereocenters. The van der Waals surface area contributed by atoms with Gasteiger partial charge in [-0.05, 0) is 37.6 Å². The van der Waals surface area contributed by atoms with Crippen LogP contribution in [0.5, 0.6) is 0 Å². The van der Waals surface area contributed by atoms with E-state index >= 15 is 0 Å². The van der Waals surface area contributed by atoms with E-state index in [1.165, 1.54) is 19.3 Å². The van der Waals surface area contributed by atoms with Gasteiger partial charge in [0.25, 0.3) is 0 Å². The van der Waals surface area contributed by atoms with Gasteiger partial charge < -0.3 is 5.32 Å². The molecular formula is C11H20N4.